The van der Waals surface area contributed by atoms with Gasteiger partial charge in [-0.05, 0) is 55.5 Å². The van der Waals surface area contributed by atoms with Gasteiger partial charge in [-0.1, -0.05) is 0 Å². The molecule has 0 radical (unpaired) electrons. The number of anilines is 2. The standard InChI is InChI=1S/C18H18N4O5S/c1-3-27-16-9-4-12(10-15(16)22(25)26)17(24)21-18(28)20-14-7-5-13(6-8-14)19-11(2)23/h4-10H,3H2,1-2H3,(H,19,23)(H2,20,21,24,28). The number of nitro benzene ring substituents is 1. The molecular formula is C18H18N4O5S. The first-order valence-corrected chi connectivity index (χ1v) is 8.62. The Balaban J connectivity index is 2.03. The number of benzene rings is 2. The molecule has 2 aromatic carbocycles. The van der Waals surface area contributed by atoms with E-state index in [0.717, 1.165) is 6.07 Å². The molecular weight excluding hydrogens is 384 g/mol. The Morgan fingerprint density at radius 1 is 1.11 bits per heavy atom. The first kappa shape index (κ1) is 20.8. The molecule has 0 bridgehead atoms. The molecule has 0 fully saturated rings. The number of amides is 2. The minimum Gasteiger partial charge on any atom is -0.487 e. The smallest absolute Gasteiger partial charge is 0.311 e. The Kier molecular flexibility index (Phi) is 6.99. The average Bonchev–Trinajstić information content (AvgIpc) is 2.63. The summed E-state index contributed by atoms with van der Waals surface area (Å²) >= 11 is 5.10. The van der Waals surface area contributed by atoms with Gasteiger partial charge >= 0.3 is 5.69 Å². The summed E-state index contributed by atoms with van der Waals surface area (Å²) in [6, 6.07) is 10.6. The molecule has 3 N–H and O–H groups in total. The maximum absolute atomic E-state index is 12.3. The van der Waals surface area contributed by atoms with Gasteiger partial charge in [-0.3, -0.25) is 25.0 Å². The largest absolute Gasteiger partial charge is 0.487 e. The van der Waals surface area contributed by atoms with Crippen LogP contribution in [0.2, 0.25) is 0 Å². The summed E-state index contributed by atoms with van der Waals surface area (Å²) in [7, 11) is 0. The molecule has 0 aliphatic carbocycles. The van der Waals surface area contributed by atoms with E-state index in [-0.39, 0.29) is 34.6 Å². The Morgan fingerprint density at radius 3 is 2.25 bits per heavy atom. The number of hydrogen-bond acceptors (Lipinski definition) is 6. The highest BCUT2D eigenvalue weighted by molar-refractivity contribution is 7.80. The summed E-state index contributed by atoms with van der Waals surface area (Å²) in [5.41, 5.74) is 0.981. The number of nitrogens with zero attached hydrogens (tertiary/aromatic N) is 1. The van der Waals surface area contributed by atoms with Gasteiger partial charge < -0.3 is 15.4 Å². The van der Waals surface area contributed by atoms with E-state index >= 15 is 0 Å². The second kappa shape index (κ2) is 9.42. The van der Waals surface area contributed by atoms with Crippen molar-refractivity contribution in [1.29, 1.82) is 0 Å². The fourth-order valence-electron chi connectivity index (χ4n) is 2.26. The molecule has 2 aromatic rings. The summed E-state index contributed by atoms with van der Waals surface area (Å²) in [6.45, 7) is 3.38. The van der Waals surface area contributed by atoms with E-state index < -0.39 is 10.8 Å². The summed E-state index contributed by atoms with van der Waals surface area (Å²) in [6.07, 6.45) is 0. The molecule has 0 atom stereocenters. The van der Waals surface area contributed by atoms with Gasteiger partial charge in [0.2, 0.25) is 5.91 Å². The quantitative estimate of drug-likeness (QED) is 0.385. The summed E-state index contributed by atoms with van der Waals surface area (Å²) in [4.78, 5) is 33.9. The number of carbonyl (C=O) groups is 2. The van der Waals surface area contributed by atoms with Crippen molar-refractivity contribution < 1.29 is 19.2 Å². The van der Waals surface area contributed by atoms with Crippen molar-refractivity contribution in [2.75, 3.05) is 17.2 Å². The van der Waals surface area contributed by atoms with Gasteiger partial charge in [0, 0.05) is 29.9 Å². The van der Waals surface area contributed by atoms with E-state index in [4.69, 9.17) is 17.0 Å². The Labute approximate surface area is 166 Å². The van der Waals surface area contributed by atoms with E-state index in [2.05, 4.69) is 16.0 Å². The van der Waals surface area contributed by atoms with Crippen molar-refractivity contribution >= 4 is 46.2 Å². The van der Waals surface area contributed by atoms with Gasteiger partial charge in [0.25, 0.3) is 5.91 Å². The molecule has 9 nitrogen and oxygen atoms in total. The minimum atomic E-state index is -0.616. The van der Waals surface area contributed by atoms with E-state index in [1.165, 1.54) is 19.1 Å². The molecule has 0 aromatic heterocycles. The van der Waals surface area contributed by atoms with Crippen LogP contribution in [0.4, 0.5) is 17.1 Å². The van der Waals surface area contributed by atoms with Crippen LogP contribution in [0.25, 0.3) is 0 Å². The van der Waals surface area contributed by atoms with Crippen molar-refractivity contribution in [2.24, 2.45) is 0 Å². The molecule has 0 spiro atoms. The summed E-state index contributed by atoms with van der Waals surface area (Å²) in [5, 5.41) is 19.1. The van der Waals surface area contributed by atoms with Crippen LogP contribution in [0, 0.1) is 10.1 Å². The highest BCUT2D eigenvalue weighted by Crippen LogP contribution is 2.28. The average molecular weight is 402 g/mol. The van der Waals surface area contributed by atoms with Gasteiger partial charge in [-0.25, -0.2) is 0 Å². The maximum atomic E-state index is 12.3. The second-order valence-electron chi connectivity index (χ2n) is 5.54. The number of ether oxygens (including phenoxy) is 1. The van der Waals surface area contributed by atoms with Gasteiger partial charge in [0.15, 0.2) is 10.9 Å². The SMILES string of the molecule is CCOc1ccc(C(=O)NC(=S)Nc2ccc(NC(C)=O)cc2)cc1[N+](=O)[O-]. The number of rotatable bonds is 6. The Hall–Kier alpha value is -3.53. The third-order valence-corrected chi connectivity index (χ3v) is 3.61. The van der Waals surface area contributed by atoms with Crippen LogP contribution in [-0.4, -0.2) is 28.5 Å². The van der Waals surface area contributed by atoms with Crippen LogP contribution < -0.4 is 20.7 Å². The number of nitro groups is 1. The second-order valence-corrected chi connectivity index (χ2v) is 5.95. The molecule has 0 heterocycles. The van der Waals surface area contributed by atoms with Gasteiger partial charge in [0.05, 0.1) is 11.5 Å². The molecule has 2 amide bonds. The predicted octanol–water partition coefficient (Wildman–Crippen LogP) is 3.08. The van der Waals surface area contributed by atoms with E-state index in [9.17, 15) is 19.7 Å². The molecule has 146 valence electrons. The van der Waals surface area contributed by atoms with Gasteiger partial charge in [0.1, 0.15) is 0 Å². The van der Waals surface area contributed by atoms with Crippen LogP contribution in [0.5, 0.6) is 5.75 Å². The lowest BCUT2D eigenvalue weighted by Gasteiger charge is -2.11. The van der Waals surface area contributed by atoms with E-state index in [1.807, 2.05) is 0 Å². The molecule has 0 aliphatic heterocycles. The topological polar surface area (TPSA) is 123 Å². The van der Waals surface area contributed by atoms with Gasteiger partial charge in [-0.15, -0.1) is 0 Å². The number of thiocarbonyl (C=S) groups is 1. The third kappa shape index (κ3) is 5.74. The zero-order chi connectivity index (χ0) is 20.7. The van der Waals surface area contributed by atoms with Gasteiger partial charge in [-0.2, -0.15) is 0 Å². The van der Waals surface area contributed by atoms with Crippen LogP contribution in [0.3, 0.4) is 0 Å². The maximum Gasteiger partial charge on any atom is 0.311 e. The number of nitrogens with one attached hydrogen (secondary N) is 3. The van der Waals surface area contributed by atoms with E-state index in [1.54, 1.807) is 31.2 Å². The summed E-state index contributed by atoms with van der Waals surface area (Å²) in [5.74, 6) is -0.699. The molecule has 0 aliphatic rings. The molecule has 28 heavy (non-hydrogen) atoms. The number of carbonyl (C=O) groups excluding carboxylic acids is 2. The first-order chi connectivity index (χ1) is 13.3. The Morgan fingerprint density at radius 2 is 1.71 bits per heavy atom. The van der Waals surface area contributed by atoms with Crippen LogP contribution in [0.15, 0.2) is 42.5 Å². The zero-order valence-corrected chi connectivity index (χ0v) is 16.0. The molecule has 2 rings (SSSR count). The third-order valence-electron chi connectivity index (χ3n) is 3.41. The lowest BCUT2D eigenvalue weighted by Crippen LogP contribution is -2.34. The zero-order valence-electron chi connectivity index (χ0n) is 15.1. The first-order valence-electron chi connectivity index (χ1n) is 8.21. The monoisotopic (exact) mass is 402 g/mol. The summed E-state index contributed by atoms with van der Waals surface area (Å²) < 4.78 is 5.19. The fourth-order valence-corrected chi connectivity index (χ4v) is 2.47. The van der Waals surface area contributed by atoms with Crippen LogP contribution >= 0.6 is 12.2 Å². The van der Waals surface area contributed by atoms with Crippen molar-refractivity contribution in [1.82, 2.24) is 5.32 Å². The highest BCUT2D eigenvalue weighted by Gasteiger charge is 2.19. The van der Waals surface area contributed by atoms with Crippen molar-refractivity contribution in [2.45, 2.75) is 13.8 Å². The van der Waals surface area contributed by atoms with Crippen molar-refractivity contribution in [3.8, 4) is 5.75 Å². The van der Waals surface area contributed by atoms with Crippen LogP contribution in [-0.2, 0) is 4.79 Å². The van der Waals surface area contributed by atoms with Crippen molar-refractivity contribution in [3.63, 3.8) is 0 Å². The highest BCUT2D eigenvalue weighted by atomic mass is 32.1. The molecule has 0 saturated carbocycles. The number of hydrogen-bond donors (Lipinski definition) is 3. The lowest BCUT2D eigenvalue weighted by molar-refractivity contribution is -0.385. The van der Waals surface area contributed by atoms with Crippen molar-refractivity contribution in [3.05, 3.63) is 58.1 Å². The predicted molar refractivity (Wildman–Crippen MR) is 109 cm³/mol. The lowest BCUT2D eigenvalue weighted by atomic mass is 10.1. The molecule has 0 saturated heterocycles. The fraction of sp³-hybridized carbons (Fsp3) is 0.167. The Bertz CT molecular complexity index is 915. The molecule has 0 unspecified atom stereocenters. The van der Waals surface area contributed by atoms with Crippen LogP contribution in [0.1, 0.15) is 24.2 Å². The molecule has 10 heteroatoms. The van der Waals surface area contributed by atoms with E-state index in [0.29, 0.717) is 11.4 Å². The normalized spacial score (nSPS) is 9.93. The minimum absolute atomic E-state index is 0.0221.